The minimum absolute atomic E-state index is 0.0625. The molecular weight excluding hydrogens is 383 g/mol. The summed E-state index contributed by atoms with van der Waals surface area (Å²) >= 11 is 0. The first-order valence-electron chi connectivity index (χ1n) is 10.3. The van der Waals surface area contributed by atoms with Gasteiger partial charge in [-0.05, 0) is 61.3 Å². The lowest BCUT2D eigenvalue weighted by molar-refractivity contribution is -0.121. The van der Waals surface area contributed by atoms with Gasteiger partial charge in [0.2, 0.25) is 17.6 Å². The summed E-state index contributed by atoms with van der Waals surface area (Å²) in [5.41, 5.74) is 3.08. The molecule has 1 saturated heterocycles. The van der Waals surface area contributed by atoms with Crippen LogP contribution in [0.5, 0.6) is 0 Å². The van der Waals surface area contributed by atoms with Crippen LogP contribution in [0.25, 0.3) is 11.4 Å². The van der Waals surface area contributed by atoms with E-state index in [1.165, 1.54) is 30.5 Å². The number of benzene rings is 2. The molecule has 6 nitrogen and oxygen atoms in total. The third kappa shape index (κ3) is 5.30. The smallest absolute Gasteiger partial charge is 0.227 e. The summed E-state index contributed by atoms with van der Waals surface area (Å²) in [6.07, 6.45) is 3.14. The first-order chi connectivity index (χ1) is 14.7. The van der Waals surface area contributed by atoms with Gasteiger partial charge in [-0.15, -0.1) is 0 Å². The number of hydrogen-bond donors (Lipinski definition) is 1. The highest BCUT2D eigenvalue weighted by atomic mass is 19.1. The van der Waals surface area contributed by atoms with Crippen molar-refractivity contribution in [2.45, 2.75) is 38.8 Å². The number of carbonyl (C=O) groups is 1. The zero-order chi connectivity index (χ0) is 20.8. The van der Waals surface area contributed by atoms with Gasteiger partial charge in [-0.1, -0.05) is 29.4 Å². The second kappa shape index (κ2) is 9.63. The molecule has 1 fully saturated rings. The highest BCUT2D eigenvalue weighted by Gasteiger charge is 2.14. The van der Waals surface area contributed by atoms with Crippen LogP contribution in [0.1, 0.15) is 36.3 Å². The first kappa shape index (κ1) is 20.2. The second-order valence-corrected chi connectivity index (χ2v) is 7.55. The van der Waals surface area contributed by atoms with Gasteiger partial charge in [0.05, 0.1) is 0 Å². The van der Waals surface area contributed by atoms with Crippen LogP contribution >= 0.6 is 0 Å². The van der Waals surface area contributed by atoms with Gasteiger partial charge in [-0.3, -0.25) is 9.69 Å². The largest absolute Gasteiger partial charge is 0.352 e. The summed E-state index contributed by atoms with van der Waals surface area (Å²) in [6.45, 7) is 3.73. The minimum atomic E-state index is -0.318. The number of nitrogens with one attached hydrogen (secondary N) is 1. The number of nitrogens with zero attached hydrogens (tertiary/aromatic N) is 3. The third-order valence-corrected chi connectivity index (χ3v) is 5.32. The first-order valence-corrected chi connectivity index (χ1v) is 10.3. The number of rotatable bonds is 8. The molecule has 1 N–H and O–H groups in total. The van der Waals surface area contributed by atoms with Gasteiger partial charge in [0, 0.05) is 31.5 Å². The lowest BCUT2D eigenvalue weighted by Gasteiger charge is -2.17. The van der Waals surface area contributed by atoms with E-state index in [0.717, 1.165) is 25.2 Å². The average molecular weight is 408 g/mol. The van der Waals surface area contributed by atoms with E-state index in [0.29, 0.717) is 30.2 Å². The molecule has 0 spiro atoms. The molecular formula is C23H25FN4O2. The van der Waals surface area contributed by atoms with Crippen molar-refractivity contribution < 1.29 is 13.7 Å². The zero-order valence-corrected chi connectivity index (χ0v) is 16.8. The van der Waals surface area contributed by atoms with Crippen molar-refractivity contribution in [3.05, 3.63) is 71.4 Å². The van der Waals surface area contributed by atoms with Crippen LogP contribution < -0.4 is 5.32 Å². The van der Waals surface area contributed by atoms with Gasteiger partial charge in [0.1, 0.15) is 5.82 Å². The summed E-state index contributed by atoms with van der Waals surface area (Å²) in [4.78, 5) is 19.0. The molecule has 30 heavy (non-hydrogen) atoms. The maximum Gasteiger partial charge on any atom is 0.227 e. The highest BCUT2D eigenvalue weighted by molar-refractivity contribution is 5.76. The Labute approximate surface area is 175 Å². The maximum absolute atomic E-state index is 13.0. The summed E-state index contributed by atoms with van der Waals surface area (Å²) in [7, 11) is 0. The van der Waals surface area contributed by atoms with Gasteiger partial charge in [-0.2, -0.15) is 4.98 Å². The van der Waals surface area contributed by atoms with Gasteiger partial charge in [0.15, 0.2) is 0 Å². The Kier molecular flexibility index (Phi) is 6.49. The van der Waals surface area contributed by atoms with E-state index in [1.54, 1.807) is 12.1 Å². The summed E-state index contributed by atoms with van der Waals surface area (Å²) < 4.78 is 18.2. The van der Waals surface area contributed by atoms with Crippen molar-refractivity contribution in [3.8, 4) is 11.4 Å². The Balaban J connectivity index is 1.27. The van der Waals surface area contributed by atoms with E-state index in [9.17, 15) is 9.18 Å². The van der Waals surface area contributed by atoms with Crippen molar-refractivity contribution in [3.63, 3.8) is 0 Å². The fourth-order valence-electron chi connectivity index (χ4n) is 3.64. The molecule has 3 aromatic rings. The van der Waals surface area contributed by atoms with Crippen molar-refractivity contribution in [1.82, 2.24) is 20.4 Å². The van der Waals surface area contributed by atoms with E-state index >= 15 is 0 Å². The number of likely N-dealkylation sites (tertiary alicyclic amines) is 1. The molecule has 2 aromatic carbocycles. The molecule has 0 aliphatic carbocycles. The van der Waals surface area contributed by atoms with Crippen LogP contribution in [0.3, 0.4) is 0 Å². The van der Waals surface area contributed by atoms with Crippen molar-refractivity contribution >= 4 is 5.91 Å². The van der Waals surface area contributed by atoms with E-state index in [2.05, 4.69) is 32.5 Å². The Morgan fingerprint density at radius 1 is 1.07 bits per heavy atom. The topological polar surface area (TPSA) is 71.3 Å². The lowest BCUT2D eigenvalue weighted by atomic mass is 10.1. The zero-order valence-electron chi connectivity index (χ0n) is 16.8. The Hall–Kier alpha value is -3.06. The summed E-state index contributed by atoms with van der Waals surface area (Å²) in [5, 5.41) is 6.89. The fourth-order valence-corrected chi connectivity index (χ4v) is 3.64. The Morgan fingerprint density at radius 3 is 2.57 bits per heavy atom. The van der Waals surface area contributed by atoms with Gasteiger partial charge in [0.25, 0.3) is 0 Å². The standard InChI is InChI=1S/C23H25FN4O2/c24-20-9-7-17(8-10-20)23-26-22(30-27-23)12-11-21(29)25-15-18-5-1-2-6-19(18)16-28-13-3-4-14-28/h1-2,5-10H,3-4,11-16H2,(H,25,29). The molecule has 0 saturated carbocycles. The van der Waals surface area contributed by atoms with E-state index < -0.39 is 0 Å². The number of aromatic nitrogens is 2. The van der Waals surface area contributed by atoms with Crippen LogP contribution in [0, 0.1) is 5.82 Å². The Bertz CT molecular complexity index is 981. The van der Waals surface area contributed by atoms with Crippen LogP contribution in [-0.2, 0) is 24.3 Å². The molecule has 0 radical (unpaired) electrons. The van der Waals surface area contributed by atoms with Crippen LogP contribution in [-0.4, -0.2) is 34.0 Å². The van der Waals surface area contributed by atoms with Crippen molar-refractivity contribution in [2.24, 2.45) is 0 Å². The molecule has 1 aliphatic heterocycles. The molecule has 0 unspecified atom stereocenters. The third-order valence-electron chi connectivity index (χ3n) is 5.32. The number of halogens is 1. The minimum Gasteiger partial charge on any atom is -0.352 e. The molecule has 0 atom stereocenters. The number of carbonyl (C=O) groups excluding carboxylic acids is 1. The summed E-state index contributed by atoms with van der Waals surface area (Å²) in [5.74, 6) is 0.397. The van der Waals surface area contributed by atoms with Gasteiger partial charge in [-0.25, -0.2) is 4.39 Å². The van der Waals surface area contributed by atoms with Crippen LogP contribution in [0.2, 0.25) is 0 Å². The maximum atomic E-state index is 13.0. The molecule has 1 amide bonds. The highest BCUT2D eigenvalue weighted by Crippen LogP contribution is 2.17. The second-order valence-electron chi connectivity index (χ2n) is 7.55. The number of amides is 1. The number of aryl methyl sites for hydroxylation is 1. The monoisotopic (exact) mass is 408 g/mol. The molecule has 4 rings (SSSR count). The average Bonchev–Trinajstić information content (AvgIpc) is 3.44. The van der Waals surface area contributed by atoms with Crippen molar-refractivity contribution in [1.29, 1.82) is 0 Å². The molecule has 7 heteroatoms. The van der Waals surface area contributed by atoms with E-state index in [4.69, 9.17) is 4.52 Å². The molecule has 1 aromatic heterocycles. The normalized spacial score (nSPS) is 14.2. The molecule has 2 heterocycles. The SMILES string of the molecule is O=C(CCc1nc(-c2ccc(F)cc2)no1)NCc1ccccc1CN1CCCC1. The van der Waals surface area contributed by atoms with Crippen LogP contribution in [0.4, 0.5) is 4.39 Å². The van der Waals surface area contributed by atoms with E-state index in [-0.39, 0.29) is 18.1 Å². The van der Waals surface area contributed by atoms with Crippen molar-refractivity contribution in [2.75, 3.05) is 13.1 Å². The molecule has 1 aliphatic rings. The van der Waals surface area contributed by atoms with Crippen LogP contribution in [0.15, 0.2) is 53.1 Å². The predicted molar refractivity (Wildman–Crippen MR) is 111 cm³/mol. The molecule has 156 valence electrons. The quantitative estimate of drug-likeness (QED) is 0.615. The van der Waals surface area contributed by atoms with Gasteiger partial charge >= 0.3 is 0 Å². The predicted octanol–water partition coefficient (Wildman–Crippen LogP) is 3.72. The number of hydrogen-bond acceptors (Lipinski definition) is 5. The lowest BCUT2D eigenvalue weighted by Crippen LogP contribution is -2.25. The van der Waals surface area contributed by atoms with Gasteiger partial charge < -0.3 is 9.84 Å². The van der Waals surface area contributed by atoms with E-state index in [1.807, 2.05) is 12.1 Å². The summed E-state index contributed by atoms with van der Waals surface area (Å²) in [6, 6.07) is 14.1. The Morgan fingerprint density at radius 2 is 1.80 bits per heavy atom. The molecule has 0 bridgehead atoms. The fraction of sp³-hybridized carbons (Fsp3) is 0.348.